The second kappa shape index (κ2) is 2.42. The van der Waals surface area contributed by atoms with E-state index in [1.807, 2.05) is 6.07 Å². The summed E-state index contributed by atoms with van der Waals surface area (Å²) in [6.45, 7) is 0.947. The maximum Gasteiger partial charge on any atom is 0.0327 e. The van der Waals surface area contributed by atoms with E-state index in [-0.39, 0.29) is 9.64 Å². The molecule has 1 N–H and O–H groups in total. The first kappa shape index (κ1) is 6.46. The highest BCUT2D eigenvalue weighted by Crippen LogP contribution is 2.17. The van der Waals surface area contributed by atoms with Crippen LogP contribution in [0.5, 0.6) is 0 Å². The maximum atomic E-state index is 5.17. The van der Waals surface area contributed by atoms with Gasteiger partial charge in [-0.05, 0) is 32.5 Å². The van der Waals surface area contributed by atoms with Gasteiger partial charge in [-0.1, -0.05) is 18.2 Å². The van der Waals surface area contributed by atoms with Gasteiger partial charge in [0.05, 0.1) is 0 Å². The number of hydrogen-bond donors (Lipinski definition) is 1. The SMILES string of the molecule is S=S1NCc2ccccc21. The quantitative estimate of drug-likeness (QED) is 0.625. The third-order valence-electron chi connectivity index (χ3n) is 1.57. The van der Waals surface area contributed by atoms with Crippen LogP contribution >= 0.6 is 0 Å². The Labute approximate surface area is 67.2 Å². The summed E-state index contributed by atoms with van der Waals surface area (Å²) in [6.07, 6.45) is 0. The van der Waals surface area contributed by atoms with E-state index in [0.29, 0.717) is 0 Å². The molecule has 0 radical (unpaired) electrons. The van der Waals surface area contributed by atoms with Crippen molar-refractivity contribution in [2.75, 3.05) is 0 Å². The lowest BCUT2D eigenvalue weighted by atomic mass is 10.2. The fourth-order valence-electron chi connectivity index (χ4n) is 1.05. The molecule has 0 amide bonds. The zero-order valence-electron chi connectivity index (χ0n) is 5.33. The van der Waals surface area contributed by atoms with E-state index >= 15 is 0 Å². The molecule has 1 aliphatic heterocycles. The Morgan fingerprint density at radius 3 is 3.00 bits per heavy atom. The molecule has 1 atom stereocenters. The molecule has 0 spiro atoms. The highest BCUT2D eigenvalue weighted by atomic mass is 32.8. The first-order valence-electron chi connectivity index (χ1n) is 3.11. The summed E-state index contributed by atoms with van der Waals surface area (Å²) in [5.41, 5.74) is 1.36. The van der Waals surface area contributed by atoms with E-state index in [9.17, 15) is 0 Å². The summed E-state index contributed by atoms with van der Waals surface area (Å²) >= 11 is 5.17. The largest absolute Gasteiger partial charge is 0.253 e. The topological polar surface area (TPSA) is 12.0 Å². The third kappa shape index (κ3) is 0.905. The van der Waals surface area contributed by atoms with Crippen LogP contribution in [0.15, 0.2) is 29.2 Å². The summed E-state index contributed by atoms with van der Waals surface area (Å²) in [6, 6.07) is 8.32. The van der Waals surface area contributed by atoms with Gasteiger partial charge in [-0.3, -0.25) is 4.72 Å². The van der Waals surface area contributed by atoms with Gasteiger partial charge in [0.1, 0.15) is 0 Å². The van der Waals surface area contributed by atoms with Gasteiger partial charge in [-0.2, -0.15) is 0 Å². The molecule has 1 aromatic rings. The van der Waals surface area contributed by atoms with Crippen molar-refractivity contribution in [3.05, 3.63) is 29.8 Å². The molecule has 1 unspecified atom stereocenters. The molecule has 0 saturated carbocycles. The van der Waals surface area contributed by atoms with Crippen molar-refractivity contribution >= 4 is 20.8 Å². The smallest absolute Gasteiger partial charge is 0.0327 e. The van der Waals surface area contributed by atoms with Gasteiger partial charge in [0.2, 0.25) is 0 Å². The van der Waals surface area contributed by atoms with Gasteiger partial charge in [0, 0.05) is 11.4 Å². The number of nitrogens with one attached hydrogen (secondary N) is 1. The Morgan fingerprint density at radius 2 is 2.20 bits per heavy atom. The monoisotopic (exact) mass is 169 g/mol. The van der Waals surface area contributed by atoms with E-state index in [4.69, 9.17) is 11.2 Å². The average molecular weight is 169 g/mol. The van der Waals surface area contributed by atoms with Crippen molar-refractivity contribution in [3.8, 4) is 0 Å². The summed E-state index contributed by atoms with van der Waals surface area (Å²) < 4.78 is 3.23. The Morgan fingerprint density at radius 1 is 1.40 bits per heavy atom. The van der Waals surface area contributed by atoms with Crippen molar-refractivity contribution in [2.45, 2.75) is 11.4 Å². The molecular formula is C7H7NS2. The van der Waals surface area contributed by atoms with Crippen molar-refractivity contribution < 1.29 is 0 Å². The van der Waals surface area contributed by atoms with Crippen LogP contribution in [0.1, 0.15) is 5.56 Å². The standard InChI is InChI=1S/C7H7NS2/c9-10-7-4-2-1-3-6(7)5-8-10/h1-4,8H,5H2. The average Bonchev–Trinajstić information content (AvgIpc) is 2.34. The minimum Gasteiger partial charge on any atom is -0.253 e. The molecule has 3 heteroatoms. The van der Waals surface area contributed by atoms with E-state index < -0.39 is 0 Å². The van der Waals surface area contributed by atoms with Gasteiger partial charge in [0.15, 0.2) is 0 Å². The van der Waals surface area contributed by atoms with E-state index in [0.717, 1.165) is 6.54 Å². The van der Waals surface area contributed by atoms with Gasteiger partial charge >= 0.3 is 0 Å². The lowest BCUT2D eigenvalue weighted by Crippen LogP contribution is -2.04. The van der Waals surface area contributed by atoms with Crippen LogP contribution in [0.4, 0.5) is 0 Å². The summed E-state index contributed by atoms with van der Waals surface area (Å²) in [5, 5.41) is 0. The summed E-state index contributed by atoms with van der Waals surface area (Å²) in [5.74, 6) is 0. The van der Waals surface area contributed by atoms with Crippen LogP contribution in [0, 0.1) is 0 Å². The molecule has 0 aliphatic carbocycles. The number of hydrogen-bond acceptors (Lipinski definition) is 1. The molecule has 0 bridgehead atoms. The van der Waals surface area contributed by atoms with Crippen LogP contribution in [0.3, 0.4) is 0 Å². The molecule has 10 heavy (non-hydrogen) atoms. The van der Waals surface area contributed by atoms with Gasteiger partial charge in [-0.25, -0.2) is 0 Å². The minimum absolute atomic E-state index is 0.114. The van der Waals surface area contributed by atoms with Crippen LogP contribution in [0.25, 0.3) is 0 Å². The Hall–Kier alpha value is -0.250. The van der Waals surface area contributed by atoms with Crippen molar-refractivity contribution in [2.24, 2.45) is 0 Å². The minimum atomic E-state index is -0.114. The van der Waals surface area contributed by atoms with E-state index in [1.54, 1.807) is 0 Å². The predicted molar refractivity (Wildman–Crippen MR) is 46.3 cm³/mol. The normalized spacial score (nSPS) is 22.6. The predicted octanol–water partition coefficient (Wildman–Crippen LogP) is 1.14. The van der Waals surface area contributed by atoms with Gasteiger partial charge < -0.3 is 0 Å². The highest BCUT2D eigenvalue weighted by molar-refractivity contribution is 8.27. The molecule has 0 saturated heterocycles. The second-order valence-electron chi connectivity index (χ2n) is 2.20. The molecular weight excluding hydrogens is 162 g/mol. The number of benzene rings is 1. The van der Waals surface area contributed by atoms with Crippen LogP contribution in [0.2, 0.25) is 0 Å². The molecule has 52 valence electrons. The second-order valence-corrected chi connectivity index (χ2v) is 4.46. The fourth-order valence-corrected chi connectivity index (χ4v) is 2.74. The molecule has 2 rings (SSSR count). The third-order valence-corrected chi connectivity index (χ3v) is 3.66. The molecule has 1 nitrogen and oxygen atoms in total. The Balaban J connectivity index is 2.61. The molecule has 1 heterocycles. The summed E-state index contributed by atoms with van der Waals surface area (Å²) in [7, 11) is -0.114. The van der Waals surface area contributed by atoms with Crippen LogP contribution in [-0.2, 0) is 27.4 Å². The van der Waals surface area contributed by atoms with Crippen LogP contribution in [-0.4, -0.2) is 0 Å². The molecule has 0 aromatic heterocycles. The van der Waals surface area contributed by atoms with E-state index in [2.05, 4.69) is 22.9 Å². The van der Waals surface area contributed by atoms with Crippen molar-refractivity contribution in [1.82, 2.24) is 4.72 Å². The zero-order chi connectivity index (χ0) is 6.97. The maximum absolute atomic E-state index is 5.17. The van der Waals surface area contributed by atoms with Crippen molar-refractivity contribution in [1.29, 1.82) is 0 Å². The lowest BCUT2D eigenvalue weighted by Gasteiger charge is -1.93. The lowest BCUT2D eigenvalue weighted by molar-refractivity contribution is 0.993. The molecule has 0 fully saturated rings. The Bertz CT molecular complexity index is 283. The van der Waals surface area contributed by atoms with E-state index in [1.165, 1.54) is 10.5 Å². The zero-order valence-corrected chi connectivity index (χ0v) is 6.97. The Kier molecular flexibility index (Phi) is 1.56. The van der Waals surface area contributed by atoms with Crippen molar-refractivity contribution in [3.63, 3.8) is 0 Å². The van der Waals surface area contributed by atoms with Crippen LogP contribution < -0.4 is 4.72 Å². The molecule has 1 aromatic carbocycles. The number of rotatable bonds is 0. The fraction of sp³-hybridized carbons (Fsp3) is 0.143. The first-order valence-corrected chi connectivity index (χ1v) is 5.26. The molecule has 1 aliphatic rings. The highest BCUT2D eigenvalue weighted by Gasteiger charge is 2.11. The summed E-state index contributed by atoms with van der Waals surface area (Å²) in [4.78, 5) is 1.30. The first-order chi connectivity index (χ1) is 4.88. The van der Waals surface area contributed by atoms with Gasteiger partial charge in [-0.15, -0.1) is 0 Å². The number of fused-ring (bicyclic) bond motifs is 1. The van der Waals surface area contributed by atoms with Gasteiger partial charge in [0.25, 0.3) is 0 Å².